The predicted molar refractivity (Wildman–Crippen MR) is 110 cm³/mol. The van der Waals surface area contributed by atoms with Gasteiger partial charge in [0.2, 0.25) is 0 Å². The third kappa shape index (κ3) is 3.59. The first-order chi connectivity index (χ1) is 14.7. The molecule has 1 fully saturated rings. The highest BCUT2D eigenvalue weighted by atomic mass is 19.4. The van der Waals surface area contributed by atoms with E-state index in [4.69, 9.17) is 0 Å². The number of alkyl halides is 3. The minimum atomic E-state index is -4.44. The van der Waals surface area contributed by atoms with E-state index in [1.807, 2.05) is 6.07 Å². The van der Waals surface area contributed by atoms with Crippen LogP contribution in [0.15, 0.2) is 42.7 Å². The average molecular weight is 428 g/mol. The van der Waals surface area contributed by atoms with Crippen molar-refractivity contribution >= 4 is 11.6 Å². The molecular weight excluding hydrogens is 405 g/mol. The van der Waals surface area contributed by atoms with E-state index in [-0.39, 0.29) is 17.1 Å². The number of amides is 1. The quantitative estimate of drug-likeness (QED) is 0.638. The van der Waals surface area contributed by atoms with E-state index in [9.17, 15) is 18.0 Å². The summed E-state index contributed by atoms with van der Waals surface area (Å²) in [6.07, 6.45) is 0.550. The molecule has 1 amide bonds. The van der Waals surface area contributed by atoms with E-state index in [0.29, 0.717) is 24.3 Å². The first kappa shape index (κ1) is 20.1. The molecule has 8 heteroatoms. The van der Waals surface area contributed by atoms with Crippen molar-refractivity contribution in [3.63, 3.8) is 0 Å². The number of pyridine rings is 1. The number of carbonyl (C=O) groups is 1. The highest BCUT2D eigenvalue weighted by Crippen LogP contribution is 2.33. The Bertz CT molecular complexity index is 1160. The van der Waals surface area contributed by atoms with Crippen molar-refractivity contribution in [3.8, 4) is 0 Å². The highest BCUT2D eigenvalue weighted by Gasteiger charge is 2.39. The van der Waals surface area contributed by atoms with Gasteiger partial charge in [0.1, 0.15) is 11.3 Å². The average Bonchev–Trinajstić information content (AvgIpc) is 3.18. The van der Waals surface area contributed by atoms with Gasteiger partial charge in [-0.05, 0) is 48.9 Å². The van der Waals surface area contributed by atoms with E-state index >= 15 is 0 Å². The fourth-order valence-corrected chi connectivity index (χ4v) is 4.79. The van der Waals surface area contributed by atoms with Crippen LogP contribution < -0.4 is 5.32 Å². The number of likely N-dealkylation sites (tertiary alicyclic amines) is 1. The number of rotatable bonds is 1. The second-order valence-corrected chi connectivity index (χ2v) is 8.64. The molecule has 3 aromatic rings. The number of nitrogens with zero attached hydrogens (tertiary/aromatic N) is 3. The summed E-state index contributed by atoms with van der Waals surface area (Å²) in [6.45, 7) is 3.59. The Morgan fingerprint density at radius 2 is 1.84 bits per heavy atom. The third-order valence-corrected chi connectivity index (χ3v) is 6.59. The van der Waals surface area contributed by atoms with Crippen LogP contribution in [0.5, 0.6) is 0 Å². The molecule has 1 aromatic carbocycles. The summed E-state index contributed by atoms with van der Waals surface area (Å²) in [6, 6.07) is 9.49. The van der Waals surface area contributed by atoms with Gasteiger partial charge in [-0.15, -0.1) is 0 Å². The number of hydrogen-bond acceptors (Lipinski definition) is 3. The number of carbonyl (C=O) groups excluding carboxylic acids is 1. The summed E-state index contributed by atoms with van der Waals surface area (Å²) in [7, 11) is 0. The number of imidazole rings is 1. The molecule has 0 unspecified atom stereocenters. The molecule has 2 aliphatic heterocycles. The van der Waals surface area contributed by atoms with Crippen molar-refractivity contribution < 1.29 is 18.0 Å². The molecule has 0 saturated carbocycles. The molecule has 1 N–H and O–H groups in total. The van der Waals surface area contributed by atoms with Crippen molar-refractivity contribution in [3.05, 3.63) is 70.7 Å². The maximum Gasteiger partial charge on any atom is 0.417 e. The molecule has 2 aliphatic rings. The van der Waals surface area contributed by atoms with Crippen LogP contribution in [0.25, 0.3) is 5.65 Å². The maximum atomic E-state index is 13.1. The van der Waals surface area contributed by atoms with E-state index in [1.54, 1.807) is 11.8 Å². The Kier molecular flexibility index (Phi) is 4.58. The summed E-state index contributed by atoms with van der Waals surface area (Å²) in [5.74, 6) is -0.234. The standard InChI is InChI=1S/C23H23F3N4O/c1-15-10-18(23(24,25)26)13-30-14-19(28-20(15)30)21(31)29-8-6-22(7-9-29)11-16-4-2-3-5-17(16)12-27-22/h2-5,10,13-14,27H,6-9,11-12H2,1H3. The Hall–Kier alpha value is -2.87. The zero-order valence-corrected chi connectivity index (χ0v) is 17.2. The fourth-order valence-electron chi connectivity index (χ4n) is 4.79. The third-order valence-electron chi connectivity index (χ3n) is 6.59. The molecule has 0 atom stereocenters. The van der Waals surface area contributed by atoms with Crippen molar-refractivity contribution in [1.82, 2.24) is 19.6 Å². The van der Waals surface area contributed by atoms with Crippen molar-refractivity contribution in [2.45, 2.75) is 44.4 Å². The fraction of sp³-hybridized carbons (Fsp3) is 0.391. The van der Waals surface area contributed by atoms with Crippen LogP contribution >= 0.6 is 0 Å². The largest absolute Gasteiger partial charge is 0.417 e. The number of aryl methyl sites for hydroxylation is 1. The van der Waals surface area contributed by atoms with E-state index in [2.05, 4.69) is 28.5 Å². The number of hydrogen-bond donors (Lipinski definition) is 1. The minimum Gasteiger partial charge on any atom is -0.337 e. The number of aromatic nitrogens is 2. The summed E-state index contributed by atoms with van der Waals surface area (Å²) in [5.41, 5.74) is 2.86. The lowest BCUT2D eigenvalue weighted by molar-refractivity contribution is -0.137. The SMILES string of the molecule is Cc1cc(C(F)(F)F)cn2cc(C(=O)N3CCC4(CC3)Cc3ccccc3CN4)nc12. The highest BCUT2D eigenvalue weighted by molar-refractivity contribution is 5.93. The minimum absolute atomic E-state index is 0.0117. The van der Waals surface area contributed by atoms with Gasteiger partial charge in [0, 0.05) is 37.6 Å². The van der Waals surface area contributed by atoms with Crippen LogP contribution in [0.2, 0.25) is 0 Å². The van der Waals surface area contributed by atoms with Gasteiger partial charge >= 0.3 is 6.18 Å². The molecule has 4 heterocycles. The summed E-state index contributed by atoms with van der Waals surface area (Å²) < 4.78 is 40.6. The Labute approximate surface area is 177 Å². The van der Waals surface area contributed by atoms with Gasteiger partial charge in [0.05, 0.1) is 5.56 Å². The topological polar surface area (TPSA) is 49.6 Å². The van der Waals surface area contributed by atoms with Crippen LogP contribution in [-0.4, -0.2) is 38.8 Å². The van der Waals surface area contributed by atoms with Crippen LogP contribution in [0.1, 0.15) is 45.6 Å². The zero-order valence-electron chi connectivity index (χ0n) is 17.2. The van der Waals surface area contributed by atoms with E-state index < -0.39 is 11.7 Å². The molecule has 0 aliphatic carbocycles. The number of benzene rings is 1. The summed E-state index contributed by atoms with van der Waals surface area (Å²) >= 11 is 0. The number of fused-ring (bicyclic) bond motifs is 2. The first-order valence-electron chi connectivity index (χ1n) is 10.4. The Balaban J connectivity index is 1.33. The molecule has 5 nitrogen and oxygen atoms in total. The van der Waals surface area contributed by atoms with E-state index in [0.717, 1.165) is 38.1 Å². The van der Waals surface area contributed by atoms with Crippen LogP contribution in [0.4, 0.5) is 13.2 Å². The normalized spacial score (nSPS) is 18.4. The molecule has 2 aromatic heterocycles. The lowest BCUT2D eigenvalue weighted by Crippen LogP contribution is -2.57. The molecule has 0 radical (unpaired) electrons. The monoisotopic (exact) mass is 428 g/mol. The zero-order chi connectivity index (χ0) is 21.8. The molecule has 5 rings (SSSR count). The van der Waals surface area contributed by atoms with Gasteiger partial charge in [-0.1, -0.05) is 24.3 Å². The van der Waals surface area contributed by atoms with Gasteiger partial charge in [0.15, 0.2) is 0 Å². The number of nitrogens with one attached hydrogen (secondary N) is 1. The van der Waals surface area contributed by atoms with Crippen LogP contribution in [0, 0.1) is 6.92 Å². The van der Waals surface area contributed by atoms with Gasteiger partial charge in [-0.3, -0.25) is 4.79 Å². The van der Waals surface area contributed by atoms with Crippen molar-refractivity contribution in [2.24, 2.45) is 0 Å². The lowest BCUT2D eigenvalue weighted by Gasteiger charge is -2.45. The van der Waals surface area contributed by atoms with Crippen molar-refractivity contribution in [2.75, 3.05) is 13.1 Å². The van der Waals surface area contributed by atoms with Gasteiger partial charge < -0.3 is 14.6 Å². The predicted octanol–water partition coefficient (Wildman–Crippen LogP) is 3.98. The molecule has 1 spiro atoms. The van der Waals surface area contributed by atoms with E-state index in [1.165, 1.54) is 21.7 Å². The maximum absolute atomic E-state index is 13.1. The van der Waals surface area contributed by atoms with Gasteiger partial charge in [0.25, 0.3) is 5.91 Å². The second-order valence-electron chi connectivity index (χ2n) is 8.64. The molecule has 31 heavy (non-hydrogen) atoms. The van der Waals surface area contributed by atoms with Gasteiger partial charge in [-0.2, -0.15) is 13.2 Å². The Morgan fingerprint density at radius 3 is 2.55 bits per heavy atom. The molecule has 0 bridgehead atoms. The van der Waals surface area contributed by atoms with Crippen molar-refractivity contribution in [1.29, 1.82) is 0 Å². The first-order valence-corrected chi connectivity index (χ1v) is 10.4. The number of piperidine rings is 1. The summed E-state index contributed by atoms with van der Waals surface area (Å²) in [5, 5.41) is 3.67. The lowest BCUT2D eigenvalue weighted by atomic mass is 9.78. The summed E-state index contributed by atoms with van der Waals surface area (Å²) in [4.78, 5) is 19.1. The number of halogens is 3. The molecular formula is C23H23F3N4O. The van der Waals surface area contributed by atoms with Crippen LogP contribution in [0.3, 0.4) is 0 Å². The molecule has 162 valence electrons. The molecule has 1 saturated heterocycles. The van der Waals surface area contributed by atoms with Gasteiger partial charge in [-0.25, -0.2) is 4.98 Å². The van der Waals surface area contributed by atoms with Crippen LogP contribution in [-0.2, 0) is 19.1 Å². The second kappa shape index (κ2) is 7.09. The smallest absolute Gasteiger partial charge is 0.337 e. The Morgan fingerprint density at radius 1 is 1.13 bits per heavy atom.